The summed E-state index contributed by atoms with van der Waals surface area (Å²) < 4.78 is 28.7. The number of likely N-dealkylation sites (N-methyl/N-ethyl adjacent to an activating group) is 1. The summed E-state index contributed by atoms with van der Waals surface area (Å²) in [4.78, 5) is 0.245. The van der Waals surface area contributed by atoms with Crippen molar-refractivity contribution in [3.05, 3.63) is 12.4 Å². The normalized spacial score (nSPS) is 20.1. The summed E-state index contributed by atoms with van der Waals surface area (Å²) >= 11 is 1.86. The van der Waals surface area contributed by atoms with E-state index in [4.69, 9.17) is 0 Å². The van der Waals surface area contributed by atoms with E-state index in [1.807, 2.05) is 18.8 Å². The second kappa shape index (κ2) is 7.44. The maximum Gasteiger partial charge on any atom is 0.243 e. The van der Waals surface area contributed by atoms with Crippen molar-refractivity contribution < 1.29 is 8.42 Å². The minimum absolute atomic E-state index is 0.245. The van der Waals surface area contributed by atoms with Crippen LogP contribution in [0.15, 0.2) is 17.3 Å². The van der Waals surface area contributed by atoms with Crippen LogP contribution in [0.1, 0.15) is 19.3 Å². The fourth-order valence-corrected chi connectivity index (χ4v) is 4.46. The van der Waals surface area contributed by atoms with Gasteiger partial charge in [0.2, 0.25) is 10.0 Å². The zero-order chi connectivity index (χ0) is 14.4. The molecule has 2 N–H and O–H groups in total. The smallest absolute Gasteiger partial charge is 0.243 e. The Morgan fingerprint density at radius 2 is 2.35 bits per heavy atom. The topological polar surface area (TPSA) is 76.0 Å². The van der Waals surface area contributed by atoms with Gasteiger partial charge in [-0.05, 0) is 25.6 Å². The quantitative estimate of drug-likeness (QED) is 0.773. The number of nitrogens with zero attached hydrogens (tertiary/aromatic N) is 2. The second-order valence-electron chi connectivity index (χ2n) is 4.88. The third kappa shape index (κ3) is 4.47. The first-order chi connectivity index (χ1) is 9.62. The first-order valence-electron chi connectivity index (χ1n) is 6.90. The minimum atomic E-state index is -3.43. The Morgan fingerprint density at radius 3 is 3.05 bits per heavy atom. The van der Waals surface area contributed by atoms with Crippen LogP contribution < -0.4 is 10.0 Å². The summed E-state index contributed by atoms with van der Waals surface area (Å²) in [6.07, 6.45) is 6.52. The third-order valence-corrected chi connectivity index (χ3v) is 6.06. The van der Waals surface area contributed by atoms with Crippen molar-refractivity contribution >= 4 is 21.8 Å². The van der Waals surface area contributed by atoms with E-state index in [1.54, 1.807) is 10.9 Å². The SMILES string of the molecule is CNCCn1cc(S(=O)(=O)NCC2CCCCS2)cn1. The first kappa shape index (κ1) is 15.8. The van der Waals surface area contributed by atoms with Gasteiger partial charge in [-0.25, -0.2) is 13.1 Å². The third-order valence-electron chi connectivity index (χ3n) is 3.29. The van der Waals surface area contributed by atoms with E-state index in [-0.39, 0.29) is 4.90 Å². The molecule has 8 heteroatoms. The van der Waals surface area contributed by atoms with E-state index in [0.29, 0.717) is 18.3 Å². The van der Waals surface area contributed by atoms with Crippen molar-refractivity contribution in [3.8, 4) is 0 Å². The van der Waals surface area contributed by atoms with Gasteiger partial charge in [-0.2, -0.15) is 16.9 Å². The van der Waals surface area contributed by atoms with Gasteiger partial charge in [0, 0.05) is 24.5 Å². The first-order valence-corrected chi connectivity index (χ1v) is 9.43. The monoisotopic (exact) mass is 318 g/mol. The fourth-order valence-electron chi connectivity index (χ4n) is 2.09. The summed E-state index contributed by atoms with van der Waals surface area (Å²) in [7, 11) is -1.58. The standard InChI is InChI=1S/C12H22N4O2S2/c1-13-5-6-16-10-12(9-14-16)20(17,18)15-8-11-4-2-3-7-19-11/h9-11,13,15H,2-8H2,1H3. The van der Waals surface area contributed by atoms with Gasteiger partial charge in [-0.1, -0.05) is 6.42 Å². The zero-order valence-corrected chi connectivity index (χ0v) is 13.3. The summed E-state index contributed by atoms with van der Waals surface area (Å²) in [5.74, 6) is 1.13. The van der Waals surface area contributed by atoms with Crippen LogP contribution in [0.3, 0.4) is 0 Å². The lowest BCUT2D eigenvalue weighted by Gasteiger charge is -2.21. The van der Waals surface area contributed by atoms with Gasteiger partial charge in [-0.3, -0.25) is 4.68 Å². The molecule has 0 saturated carbocycles. The number of aromatic nitrogens is 2. The molecule has 1 fully saturated rings. The molecule has 2 rings (SSSR count). The van der Waals surface area contributed by atoms with E-state index >= 15 is 0 Å². The van der Waals surface area contributed by atoms with Crippen LogP contribution >= 0.6 is 11.8 Å². The highest BCUT2D eigenvalue weighted by Gasteiger charge is 2.20. The molecule has 2 heterocycles. The molecule has 1 unspecified atom stereocenters. The average Bonchev–Trinajstić information content (AvgIpc) is 2.94. The van der Waals surface area contributed by atoms with Crippen molar-refractivity contribution in [1.82, 2.24) is 19.8 Å². The van der Waals surface area contributed by atoms with Crippen LogP contribution in [0.4, 0.5) is 0 Å². The maximum atomic E-state index is 12.2. The molecule has 1 aromatic heterocycles. The Balaban J connectivity index is 1.90. The zero-order valence-electron chi connectivity index (χ0n) is 11.7. The summed E-state index contributed by atoms with van der Waals surface area (Å²) in [5, 5.41) is 7.47. The number of hydrogen-bond donors (Lipinski definition) is 2. The molecule has 1 aromatic rings. The van der Waals surface area contributed by atoms with E-state index in [0.717, 1.165) is 18.7 Å². The molecule has 1 aliphatic heterocycles. The molecule has 0 amide bonds. The molecule has 0 bridgehead atoms. The van der Waals surface area contributed by atoms with Crippen LogP contribution in [0.5, 0.6) is 0 Å². The van der Waals surface area contributed by atoms with Crippen LogP contribution in [-0.4, -0.2) is 49.3 Å². The molecule has 1 atom stereocenters. The Kier molecular flexibility index (Phi) is 5.88. The molecular weight excluding hydrogens is 296 g/mol. The van der Waals surface area contributed by atoms with Crippen molar-refractivity contribution in [2.45, 2.75) is 36.0 Å². The number of hydrogen-bond acceptors (Lipinski definition) is 5. The van der Waals surface area contributed by atoms with Gasteiger partial charge in [0.15, 0.2) is 0 Å². The number of sulfonamides is 1. The Hall–Kier alpha value is -0.570. The number of nitrogens with one attached hydrogen (secondary N) is 2. The van der Waals surface area contributed by atoms with Crippen molar-refractivity contribution in [3.63, 3.8) is 0 Å². The van der Waals surface area contributed by atoms with E-state index in [1.165, 1.54) is 19.0 Å². The largest absolute Gasteiger partial charge is 0.318 e. The van der Waals surface area contributed by atoms with E-state index < -0.39 is 10.0 Å². The average molecular weight is 318 g/mol. The lowest BCUT2D eigenvalue weighted by molar-refractivity contribution is 0.571. The van der Waals surface area contributed by atoms with Crippen LogP contribution in [0.25, 0.3) is 0 Å². The highest BCUT2D eigenvalue weighted by molar-refractivity contribution is 8.00. The number of rotatable bonds is 7. The molecule has 0 aromatic carbocycles. The Bertz CT molecular complexity index is 509. The molecule has 1 saturated heterocycles. The van der Waals surface area contributed by atoms with Crippen molar-refractivity contribution in [1.29, 1.82) is 0 Å². The number of thioether (sulfide) groups is 1. The predicted octanol–water partition coefficient (Wildman–Crippen LogP) is 0.666. The van der Waals surface area contributed by atoms with Gasteiger partial charge in [-0.15, -0.1) is 0 Å². The summed E-state index contributed by atoms with van der Waals surface area (Å²) in [6.45, 7) is 1.92. The molecule has 20 heavy (non-hydrogen) atoms. The van der Waals surface area contributed by atoms with Gasteiger partial charge in [0.1, 0.15) is 4.90 Å². The maximum absolute atomic E-state index is 12.2. The second-order valence-corrected chi connectivity index (χ2v) is 8.06. The molecule has 0 spiro atoms. The van der Waals surface area contributed by atoms with Gasteiger partial charge in [0.05, 0.1) is 12.7 Å². The molecule has 0 radical (unpaired) electrons. The molecular formula is C12H22N4O2S2. The van der Waals surface area contributed by atoms with Crippen molar-refractivity contribution in [2.75, 3.05) is 25.9 Å². The highest BCUT2D eigenvalue weighted by Crippen LogP contribution is 2.24. The van der Waals surface area contributed by atoms with Crippen LogP contribution in [0, 0.1) is 0 Å². The van der Waals surface area contributed by atoms with E-state index in [9.17, 15) is 8.42 Å². The highest BCUT2D eigenvalue weighted by atomic mass is 32.2. The lowest BCUT2D eigenvalue weighted by Crippen LogP contribution is -2.31. The van der Waals surface area contributed by atoms with Gasteiger partial charge in [0.25, 0.3) is 0 Å². The van der Waals surface area contributed by atoms with Crippen molar-refractivity contribution in [2.24, 2.45) is 0 Å². The lowest BCUT2D eigenvalue weighted by atomic mass is 10.2. The molecule has 6 nitrogen and oxygen atoms in total. The van der Waals surface area contributed by atoms with Crippen LogP contribution in [-0.2, 0) is 16.6 Å². The molecule has 114 valence electrons. The molecule has 0 aliphatic carbocycles. The fraction of sp³-hybridized carbons (Fsp3) is 0.750. The summed E-state index contributed by atoms with van der Waals surface area (Å²) in [5.41, 5.74) is 0. The Labute approximate surface area is 124 Å². The minimum Gasteiger partial charge on any atom is -0.318 e. The Morgan fingerprint density at radius 1 is 1.50 bits per heavy atom. The van der Waals surface area contributed by atoms with Gasteiger partial charge < -0.3 is 5.32 Å². The predicted molar refractivity (Wildman–Crippen MR) is 81.4 cm³/mol. The molecule has 1 aliphatic rings. The van der Waals surface area contributed by atoms with Crippen LogP contribution in [0.2, 0.25) is 0 Å². The summed E-state index contributed by atoms with van der Waals surface area (Å²) in [6, 6.07) is 0. The van der Waals surface area contributed by atoms with E-state index in [2.05, 4.69) is 15.1 Å². The van der Waals surface area contributed by atoms with Gasteiger partial charge >= 0.3 is 0 Å².